The number of hydrogen-bond acceptors (Lipinski definition) is 4. The molecule has 0 unspecified atom stereocenters. The van der Waals surface area contributed by atoms with Crippen LogP contribution in [0.1, 0.15) is 32.6 Å². The zero-order chi connectivity index (χ0) is 19.4. The lowest BCUT2D eigenvalue weighted by atomic mass is 9.86. The lowest BCUT2D eigenvalue weighted by Gasteiger charge is -2.34. The number of benzene rings is 1. The number of carbonyl (C=O) groups is 1. The molecule has 27 heavy (non-hydrogen) atoms. The molecule has 1 aliphatic heterocycles. The van der Waals surface area contributed by atoms with E-state index in [4.69, 9.17) is 0 Å². The molecule has 1 N–H and O–H groups in total. The first kappa shape index (κ1) is 20.8. The summed E-state index contributed by atoms with van der Waals surface area (Å²) in [5.41, 5.74) is 0. The Labute approximate surface area is 170 Å². The quantitative estimate of drug-likeness (QED) is 0.736. The summed E-state index contributed by atoms with van der Waals surface area (Å²) in [6.07, 6.45) is 4.67. The Morgan fingerprint density at radius 3 is 2.37 bits per heavy atom. The third-order valence-electron chi connectivity index (χ3n) is 5.61. The summed E-state index contributed by atoms with van der Waals surface area (Å²) in [5.74, 6) is 0.591. The molecule has 1 aromatic carbocycles. The van der Waals surface area contributed by atoms with Crippen LogP contribution in [-0.4, -0.2) is 62.3 Å². The van der Waals surface area contributed by atoms with Crippen molar-refractivity contribution in [2.45, 2.75) is 43.5 Å². The van der Waals surface area contributed by atoms with Gasteiger partial charge < -0.3 is 5.32 Å². The molecule has 2 fully saturated rings. The van der Waals surface area contributed by atoms with E-state index in [1.165, 1.54) is 23.6 Å². The summed E-state index contributed by atoms with van der Waals surface area (Å²) in [6, 6.07) is 6.99. The van der Waals surface area contributed by atoms with Gasteiger partial charge >= 0.3 is 0 Å². The van der Waals surface area contributed by atoms with Crippen molar-refractivity contribution in [2.75, 3.05) is 32.7 Å². The van der Waals surface area contributed by atoms with Crippen molar-refractivity contribution < 1.29 is 13.2 Å². The molecule has 0 bridgehead atoms. The van der Waals surface area contributed by atoms with Gasteiger partial charge in [-0.15, -0.1) is 0 Å². The third-order valence-corrected chi connectivity index (χ3v) is 8.05. The number of sulfonamides is 1. The number of amides is 1. The van der Waals surface area contributed by atoms with Crippen molar-refractivity contribution in [3.63, 3.8) is 0 Å². The molecule has 1 aliphatic carbocycles. The van der Waals surface area contributed by atoms with E-state index in [0.717, 1.165) is 10.9 Å². The van der Waals surface area contributed by atoms with Crippen LogP contribution in [0, 0.1) is 5.92 Å². The van der Waals surface area contributed by atoms with E-state index in [2.05, 4.69) is 28.2 Å². The van der Waals surface area contributed by atoms with Gasteiger partial charge in [-0.3, -0.25) is 9.69 Å². The van der Waals surface area contributed by atoms with Crippen molar-refractivity contribution in [1.82, 2.24) is 14.5 Å². The Kier molecular flexibility index (Phi) is 6.94. The van der Waals surface area contributed by atoms with Crippen molar-refractivity contribution in [3.8, 4) is 0 Å². The molecule has 1 saturated heterocycles. The SMILES string of the molecule is C[C@@H]1CCCC[C@H]1NC(=O)CN1CCN(S(=O)(=O)c2ccc(Br)cc2)CC1. The summed E-state index contributed by atoms with van der Waals surface area (Å²) in [6.45, 7) is 4.51. The zero-order valence-corrected chi connectivity index (χ0v) is 18.1. The topological polar surface area (TPSA) is 69.7 Å². The third kappa shape index (κ3) is 5.31. The molecule has 0 aromatic heterocycles. The molecule has 3 rings (SSSR count). The standard InChI is InChI=1S/C19H28BrN3O3S/c1-15-4-2-3-5-18(15)21-19(24)14-22-10-12-23(13-11-22)27(25,26)17-8-6-16(20)7-9-17/h6-9,15,18H,2-5,10-14H2,1H3,(H,21,24)/t15-,18-/m1/s1. The van der Waals surface area contributed by atoms with E-state index >= 15 is 0 Å². The molecule has 6 nitrogen and oxygen atoms in total. The lowest BCUT2D eigenvalue weighted by Crippen LogP contribution is -2.52. The minimum absolute atomic E-state index is 0.0537. The number of carbonyl (C=O) groups excluding carboxylic acids is 1. The van der Waals surface area contributed by atoms with E-state index in [0.29, 0.717) is 43.5 Å². The first-order valence-corrected chi connectivity index (χ1v) is 11.9. The maximum Gasteiger partial charge on any atom is 0.243 e. The average Bonchev–Trinajstić information content (AvgIpc) is 2.64. The molecule has 150 valence electrons. The van der Waals surface area contributed by atoms with Crippen LogP contribution >= 0.6 is 15.9 Å². The number of nitrogens with zero attached hydrogens (tertiary/aromatic N) is 2. The fraction of sp³-hybridized carbons (Fsp3) is 0.632. The predicted octanol–water partition coefficient (Wildman–Crippen LogP) is 2.45. The Hall–Kier alpha value is -0.960. The van der Waals surface area contributed by atoms with Gasteiger partial charge in [-0.25, -0.2) is 8.42 Å². The lowest BCUT2D eigenvalue weighted by molar-refractivity contribution is -0.123. The summed E-state index contributed by atoms with van der Waals surface area (Å²) in [7, 11) is -3.48. The van der Waals surface area contributed by atoms with E-state index in [-0.39, 0.29) is 11.9 Å². The molecule has 2 aliphatic rings. The fourth-order valence-electron chi connectivity index (χ4n) is 3.87. The minimum Gasteiger partial charge on any atom is -0.352 e. The largest absolute Gasteiger partial charge is 0.352 e. The van der Waals surface area contributed by atoms with Crippen LogP contribution < -0.4 is 5.32 Å². The van der Waals surface area contributed by atoms with Crippen LogP contribution in [0.15, 0.2) is 33.6 Å². The maximum atomic E-state index is 12.7. The minimum atomic E-state index is -3.48. The number of piperazine rings is 1. The second kappa shape index (κ2) is 9.03. The van der Waals surface area contributed by atoms with Gasteiger partial charge in [0.15, 0.2) is 0 Å². The molecule has 2 atom stereocenters. The molecule has 0 spiro atoms. The highest BCUT2D eigenvalue weighted by Gasteiger charge is 2.29. The normalized spacial score (nSPS) is 25.3. The van der Waals surface area contributed by atoms with Crippen LogP contribution in [0.25, 0.3) is 0 Å². The summed E-state index contributed by atoms with van der Waals surface area (Å²) in [4.78, 5) is 14.7. The van der Waals surface area contributed by atoms with Gasteiger partial charge in [0, 0.05) is 36.7 Å². The Balaban J connectivity index is 1.49. The van der Waals surface area contributed by atoms with Gasteiger partial charge in [0.1, 0.15) is 0 Å². The Morgan fingerprint density at radius 1 is 1.11 bits per heavy atom. The molecular formula is C19H28BrN3O3S. The van der Waals surface area contributed by atoms with Crippen LogP contribution in [0.3, 0.4) is 0 Å². The molecule has 1 amide bonds. The summed E-state index contributed by atoms with van der Waals surface area (Å²) >= 11 is 3.33. The van der Waals surface area contributed by atoms with Crippen molar-refractivity contribution in [2.24, 2.45) is 5.92 Å². The second-order valence-corrected chi connectivity index (χ2v) is 10.4. The monoisotopic (exact) mass is 457 g/mol. The van der Waals surface area contributed by atoms with Crippen LogP contribution in [0.5, 0.6) is 0 Å². The molecule has 1 heterocycles. The molecular weight excluding hydrogens is 430 g/mol. The molecule has 0 radical (unpaired) electrons. The highest BCUT2D eigenvalue weighted by atomic mass is 79.9. The van der Waals surface area contributed by atoms with Gasteiger partial charge in [0.25, 0.3) is 0 Å². The first-order chi connectivity index (χ1) is 12.9. The van der Waals surface area contributed by atoms with Crippen LogP contribution in [0.2, 0.25) is 0 Å². The summed E-state index contributed by atoms with van der Waals surface area (Å²) in [5, 5.41) is 3.17. The second-order valence-electron chi connectivity index (χ2n) is 7.57. The van der Waals surface area contributed by atoms with Crippen LogP contribution in [0.4, 0.5) is 0 Å². The predicted molar refractivity (Wildman–Crippen MR) is 109 cm³/mol. The molecule has 8 heteroatoms. The van der Waals surface area contributed by atoms with Gasteiger partial charge in [-0.05, 0) is 43.0 Å². The van der Waals surface area contributed by atoms with Crippen molar-refractivity contribution in [1.29, 1.82) is 0 Å². The van der Waals surface area contributed by atoms with Gasteiger partial charge in [0.2, 0.25) is 15.9 Å². The smallest absolute Gasteiger partial charge is 0.243 e. The first-order valence-electron chi connectivity index (χ1n) is 9.64. The number of hydrogen-bond donors (Lipinski definition) is 1. The van der Waals surface area contributed by atoms with E-state index in [1.54, 1.807) is 24.3 Å². The Bertz CT molecular complexity index is 746. The van der Waals surface area contributed by atoms with E-state index in [1.807, 2.05) is 4.90 Å². The van der Waals surface area contributed by atoms with Gasteiger partial charge in [-0.2, -0.15) is 4.31 Å². The number of rotatable bonds is 5. The summed E-state index contributed by atoms with van der Waals surface area (Å²) < 4.78 is 27.8. The average molecular weight is 458 g/mol. The number of halogens is 1. The highest BCUT2D eigenvalue weighted by molar-refractivity contribution is 9.10. The van der Waals surface area contributed by atoms with E-state index in [9.17, 15) is 13.2 Å². The fourth-order valence-corrected chi connectivity index (χ4v) is 5.56. The maximum absolute atomic E-state index is 12.7. The van der Waals surface area contributed by atoms with Crippen LogP contribution in [-0.2, 0) is 14.8 Å². The number of nitrogens with one attached hydrogen (secondary N) is 1. The van der Waals surface area contributed by atoms with Crippen molar-refractivity contribution >= 4 is 31.9 Å². The molecule has 1 saturated carbocycles. The highest BCUT2D eigenvalue weighted by Crippen LogP contribution is 2.24. The van der Waals surface area contributed by atoms with Crippen molar-refractivity contribution in [3.05, 3.63) is 28.7 Å². The van der Waals surface area contributed by atoms with Gasteiger partial charge in [-0.1, -0.05) is 35.7 Å². The molecule has 1 aromatic rings. The van der Waals surface area contributed by atoms with E-state index < -0.39 is 10.0 Å². The van der Waals surface area contributed by atoms with Gasteiger partial charge in [0.05, 0.1) is 11.4 Å². The Morgan fingerprint density at radius 2 is 1.74 bits per heavy atom. The zero-order valence-electron chi connectivity index (χ0n) is 15.7.